The Morgan fingerprint density at radius 3 is 2.54 bits per heavy atom. The molecule has 1 aromatic carbocycles. The van der Waals surface area contributed by atoms with Crippen LogP contribution in [0.15, 0.2) is 97.8 Å². The minimum absolute atomic E-state index is 0.204. The van der Waals surface area contributed by atoms with Gasteiger partial charge in [0.25, 0.3) is 5.91 Å². The number of imidazole rings is 1. The highest BCUT2D eigenvalue weighted by Gasteiger charge is 2.17. The van der Waals surface area contributed by atoms with Crippen molar-refractivity contribution < 1.29 is 4.79 Å². The number of amides is 1. The van der Waals surface area contributed by atoms with Gasteiger partial charge in [0.05, 0.1) is 34.7 Å². The van der Waals surface area contributed by atoms with Crippen molar-refractivity contribution in [3.05, 3.63) is 103 Å². The molecule has 0 aliphatic carbocycles. The molecule has 0 fully saturated rings. The molecule has 1 amide bonds. The van der Waals surface area contributed by atoms with Crippen LogP contribution in [-0.4, -0.2) is 46.0 Å². The number of pyridine rings is 4. The van der Waals surface area contributed by atoms with E-state index in [-0.39, 0.29) is 5.91 Å². The molecule has 0 spiro atoms. The molecular weight excluding hydrogens is 490 g/mol. The first-order valence-corrected chi connectivity index (χ1v) is 12.1. The van der Waals surface area contributed by atoms with Crippen LogP contribution in [0, 0.1) is 0 Å². The van der Waals surface area contributed by atoms with E-state index < -0.39 is 0 Å². The SMILES string of the molecule is O=C(Nc1cncc(-c2cnc3n[nH]c(-c4nc5c(-c6ccccn6)cncc5[nH]4)c3c2)c1)c1ccccc1. The fourth-order valence-electron chi connectivity index (χ4n) is 4.46. The van der Waals surface area contributed by atoms with Crippen LogP contribution < -0.4 is 5.32 Å². The Morgan fingerprint density at radius 1 is 0.821 bits per heavy atom. The van der Waals surface area contributed by atoms with Crippen LogP contribution in [0.1, 0.15) is 10.4 Å². The van der Waals surface area contributed by atoms with E-state index in [1.807, 2.05) is 48.5 Å². The molecule has 7 aromatic rings. The molecule has 3 N–H and O–H groups in total. The Bertz CT molecular complexity index is 1960. The molecule has 0 saturated heterocycles. The van der Waals surface area contributed by atoms with Gasteiger partial charge >= 0.3 is 0 Å². The number of nitrogens with one attached hydrogen (secondary N) is 3. The lowest BCUT2D eigenvalue weighted by Crippen LogP contribution is -2.11. The van der Waals surface area contributed by atoms with Gasteiger partial charge in [-0.2, -0.15) is 5.10 Å². The van der Waals surface area contributed by atoms with Gasteiger partial charge in [-0.15, -0.1) is 0 Å². The number of aromatic amines is 2. The number of hydrogen-bond donors (Lipinski definition) is 3. The number of carbonyl (C=O) groups excluding carboxylic acids is 1. The second-order valence-electron chi connectivity index (χ2n) is 8.86. The molecular formula is C29H19N9O. The van der Waals surface area contributed by atoms with Crippen molar-refractivity contribution in [2.24, 2.45) is 0 Å². The number of anilines is 1. The highest BCUT2D eigenvalue weighted by molar-refractivity contribution is 6.04. The largest absolute Gasteiger partial charge is 0.335 e. The molecule has 7 rings (SSSR count). The van der Waals surface area contributed by atoms with E-state index in [0.29, 0.717) is 28.4 Å². The van der Waals surface area contributed by atoms with Crippen LogP contribution in [-0.2, 0) is 0 Å². The van der Waals surface area contributed by atoms with E-state index in [9.17, 15) is 4.79 Å². The average molecular weight is 510 g/mol. The second kappa shape index (κ2) is 9.27. The van der Waals surface area contributed by atoms with Crippen LogP contribution in [0.3, 0.4) is 0 Å². The third kappa shape index (κ3) is 4.15. The van der Waals surface area contributed by atoms with Gasteiger partial charge in [0.15, 0.2) is 11.5 Å². The maximum atomic E-state index is 12.6. The summed E-state index contributed by atoms with van der Waals surface area (Å²) in [5.41, 5.74) is 7.19. The maximum absolute atomic E-state index is 12.6. The minimum atomic E-state index is -0.204. The topological polar surface area (TPSA) is 138 Å². The summed E-state index contributed by atoms with van der Waals surface area (Å²) in [6.45, 7) is 0. The van der Waals surface area contributed by atoms with E-state index in [2.05, 4.69) is 40.4 Å². The second-order valence-corrected chi connectivity index (χ2v) is 8.86. The summed E-state index contributed by atoms with van der Waals surface area (Å²) in [4.78, 5) is 38.5. The first-order valence-electron chi connectivity index (χ1n) is 12.1. The van der Waals surface area contributed by atoms with Crippen LogP contribution in [0.5, 0.6) is 0 Å². The van der Waals surface area contributed by atoms with Gasteiger partial charge in [0, 0.05) is 47.0 Å². The molecule has 0 aliphatic rings. The highest BCUT2D eigenvalue weighted by atomic mass is 16.1. The summed E-state index contributed by atoms with van der Waals surface area (Å²) in [6.07, 6.45) is 10.3. The van der Waals surface area contributed by atoms with E-state index in [1.165, 1.54) is 0 Å². The van der Waals surface area contributed by atoms with Gasteiger partial charge in [0.1, 0.15) is 11.2 Å². The van der Waals surface area contributed by atoms with E-state index >= 15 is 0 Å². The molecule has 186 valence electrons. The summed E-state index contributed by atoms with van der Waals surface area (Å²) >= 11 is 0. The Labute approximate surface area is 221 Å². The zero-order valence-corrected chi connectivity index (χ0v) is 20.3. The quantitative estimate of drug-likeness (QED) is 0.287. The van der Waals surface area contributed by atoms with Gasteiger partial charge < -0.3 is 10.3 Å². The van der Waals surface area contributed by atoms with Crippen molar-refractivity contribution in [1.29, 1.82) is 0 Å². The standard InChI is InChI=1S/C29H19N9O/c39-29(17-6-2-1-3-7-17)34-20-10-18(12-30-14-20)19-11-21-26(37-38-27(21)33-13-19)28-35-24-16-31-15-22(25(24)36-28)23-8-4-5-9-32-23/h1-16H,(H,34,39)(H,35,36)(H,33,37,38). The number of hydrogen-bond acceptors (Lipinski definition) is 7. The molecule has 0 radical (unpaired) electrons. The highest BCUT2D eigenvalue weighted by Crippen LogP contribution is 2.31. The Morgan fingerprint density at radius 2 is 1.67 bits per heavy atom. The van der Waals surface area contributed by atoms with E-state index in [4.69, 9.17) is 4.98 Å². The number of nitrogens with zero attached hydrogens (tertiary/aromatic N) is 6. The predicted octanol–water partition coefficient (Wildman–Crippen LogP) is 5.27. The van der Waals surface area contributed by atoms with Gasteiger partial charge in [0.2, 0.25) is 0 Å². The number of rotatable bonds is 5. The van der Waals surface area contributed by atoms with Crippen molar-refractivity contribution in [1.82, 2.24) is 40.1 Å². The predicted molar refractivity (Wildman–Crippen MR) is 148 cm³/mol. The van der Waals surface area contributed by atoms with Crippen LogP contribution in [0.25, 0.3) is 56.0 Å². The van der Waals surface area contributed by atoms with Crippen LogP contribution >= 0.6 is 0 Å². The lowest BCUT2D eigenvalue weighted by Gasteiger charge is -2.07. The third-order valence-electron chi connectivity index (χ3n) is 6.35. The minimum Gasteiger partial charge on any atom is -0.335 e. The van der Waals surface area contributed by atoms with Crippen molar-refractivity contribution in [2.75, 3.05) is 5.32 Å². The molecule has 0 saturated carbocycles. The van der Waals surface area contributed by atoms with Gasteiger partial charge in [-0.05, 0) is 36.4 Å². The van der Waals surface area contributed by atoms with Crippen molar-refractivity contribution in [3.8, 4) is 33.9 Å². The number of fused-ring (bicyclic) bond motifs is 2. The molecule has 0 atom stereocenters. The van der Waals surface area contributed by atoms with Gasteiger partial charge in [-0.1, -0.05) is 24.3 Å². The number of aromatic nitrogens is 8. The van der Waals surface area contributed by atoms with Crippen molar-refractivity contribution in [3.63, 3.8) is 0 Å². The summed E-state index contributed by atoms with van der Waals surface area (Å²) in [5, 5.41) is 11.1. The van der Waals surface area contributed by atoms with Gasteiger partial charge in [-0.25, -0.2) is 9.97 Å². The fourth-order valence-corrected chi connectivity index (χ4v) is 4.46. The molecule has 0 aliphatic heterocycles. The van der Waals surface area contributed by atoms with Gasteiger partial charge in [-0.3, -0.25) is 24.8 Å². The van der Waals surface area contributed by atoms with Crippen molar-refractivity contribution >= 4 is 33.7 Å². The molecule has 10 heteroatoms. The number of H-pyrrole nitrogens is 2. The zero-order valence-electron chi connectivity index (χ0n) is 20.3. The lowest BCUT2D eigenvalue weighted by molar-refractivity contribution is 0.102. The summed E-state index contributed by atoms with van der Waals surface area (Å²) in [5.74, 6) is 0.406. The lowest BCUT2D eigenvalue weighted by atomic mass is 10.1. The first kappa shape index (κ1) is 22.4. The normalized spacial score (nSPS) is 11.2. The average Bonchev–Trinajstić information content (AvgIpc) is 3.62. The molecule has 6 aromatic heterocycles. The Kier molecular flexibility index (Phi) is 5.33. The fraction of sp³-hybridized carbons (Fsp3) is 0. The molecule has 10 nitrogen and oxygen atoms in total. The molecule has 39 heavy (non-hydrogen) atoms. The summed E-state index contributed by atoms with van der Waals surface area (Å²) in [6, 6.07) is 18.6. The van der Waals surface area contributed by atoms with E-state index in [0.717, 1.165) is 38.8 Å². The number of benzene rings is 1. The maximum Gasteiger partial charge on any atom is 0.255 e. The van der Waals surface area contributed by atoms with E-state index in [1.54, 1.807) is 49.3 Å². The molecule has 0 bridgehead atoms. The van der Waals surface area contributed by atoms with Crippen molar-refractivity contribution in [2.45, 2.75) is 0 Å². The number of carbonyl (C=O) groups is 1. The monoisotopic (exact) mass is 509 g/mol. The first-order chi connectivity index (χ1) is 19.2. The smallest absolute Gasteiger partial charge is 0.255 e. The summed E-state index contributed by atoms with van der Waals surface area (Å²) < 4.78 is 0. The zero-order chi connectivity index (χ0) is 26.2. The van der Waals surface area contributed by atoms with Crippen LogP contribution in [0.2, 0.25) is 0 Å². The Hall–Kier alpha value is -5.77. The molecule has 6 heterocycles. The Balaban J connectivity index is 1.25. The summed E-state index contributed by atoms with van der Waals surface area (Å²) in [7, 11) is 0. The molecule has 0 unspecified atom stereocenters. The van der Waals surface area contributed by atoms with Crippen LogP contribution in [0.4, 0.5) is 5.69 Å². The third-order valence-corrected chi connectivity index (χ3v) is 6.35.